The van der Waals surface area contributed by atoms with E-state index in [0.717, 1.165) is 24.3 Å². The van der Waals surface area contributed by atoms with Crippen molar-refractivity contribution in [2.24, 2.45) is 0 Å². The van der Waals surface area contributed by atoms with Crippen molar-refractivity contribution < 1.29 is 22.0 Å². The first-order valence-electron chi connectivity index (χ1n) is 6.73. The van der Waals surface area contributed by atoms with Crippen molar-refractivity contribution in [1.82, 2.24) is 4.72 Å². The lowest BCUT2D eigenvalue weighted by molar-refractivity contribution is -0.117. The topological polar surface area (TPSA) is 75.3 Å². The van der Waals surface area contributed by atoms with E-state index in [1.54, 1.807) is 0 Å². The summed E-state index contributed by atoms with van der Waals surface area (Å²) in [6.45, 7) is 1.31. The average molecular weight is 419 g/mol. The van der Waals surface area contributed by atoms with Gasteiger partial charge in [0.2, 0.25) is 15.9 Å². The second kappa shape index (κ2) is 7.37. The Hall–Kier alpha value is -1.84. The zero-order valence-corrected chi connectivity index (χ0v) is 14.8. The van der Waals surface area contributed by atoms with Gasteiger partial charge < -0.3 is 5.32 Å². The summed E-state index contributed by atoms with van der Waals surface area (Å²) in [5, 5.41) is 2.30. The molecule has 0 aliphatic carbocycles. The number of anilines is 1. The highest BCUT2D eigenvalue weighted by Crippen LogP contribution is 2.19. The van der Waals surface area contributed by atoms with Gasteiger partial charge in [0.25, 0.3) is 0 Å². The second-order valence-electron chi connectivity index (χ2n) is 4.91. The monoisotopic (exact) mass is 418 g/mol. The lowest BCUT2D eigenvalue weighted by atomic mass is 10.2. The van der Waals surface area contributed by atoms with E-state index in [4.69, 9.17) is 0 Å². The van der Waals surface area contributed by atoms with Gasteiger partial charge in [0.1, 0.15) is 11.6 Å². The highest BCUT2D eigenvalue weighted by molar-refractivity contribution is 9.10. The highest BCUT2D eigenvalue weighted by atomic mass is 79.9. The molecule has 2 aromatic carbocycles. The van der Waals surface area contributed by atoms with Gasteiger partial charge in [-0.05, 0) is 49.4 Å². The number of carbonyl (C=O) groups is 1. The molecule has 2 rings (SSSR count). The summed E-state index contributed by atoms with van der Waals surface area (Å²) in [6.07, 6.45) is 0. The first kappa shape index (κ1) is 18.5. The molecule has 0 heterocycles. The Morgan fingerprint density at radius 2 is 1.75 bits per heavy atom. The van der Waals surface area contributed by atoms with Crippen LogP contribution in [-0.4, -0.2) is 20.4 Å². The van der Waals surface area contributed by atoms with Crippen LogP contribution >= 0.6 is 15.9 Å². The number of sulfonamides is 1. The maximum atomic E-state index is 13.7. The van der Waals surface area contributed by atoms with Crippen LogP contribution in [0.3, 0.4) is 0 Å². The molecule has 1 atom stereocenters. The van der Waals surface area contributed by atoms with E-state index in [1.165, 1.54) is 25.1 Å². The number of carbonyl (C=O) groups excluding carboxylic acids is 1. The number of amides is 1. The highest BCUT2D eigenvalue weighted by Gasteiger charge is 2.22. The molecule has 24 heavy (non-hydrogen) atoms. The Kier molecular flexibility index (Phi) is 5.68. The van der Waals surface area contributed by atoms with E-state index in [2.05, 4.69) is 26.0 Å². The van der Waals surface area contributed by atoms with Crippen LogP contribution in [0, 0.1) is 11.6 Å². The normalized spacial score (nSPS) is 12.7. The molecular formula is C15H13BrF2N2O3S. The fourth-order valence-electron chi connectivity index (χ4n) is 1.80. The zero-order chi connectivity index (χ0) is 17.9. The van der Waals surface area contributed by atoms with Crippen molar-refractivity contribution in [3.8, 4) is 0 Å². The van der Waals surface area contributed by atoms with Crippen LogP contribution in [0.5, 0.6) is 0 Å². The fraction of sp³-hybridized carbons (Fsp3) is 0.133. The van der Waals surface area contributed by atoms with E-state index in [9.17, 15) is 22.0 Å². The maximum Gasteiger partial charge on any atom is 0.242 e. The molecule has 128 valence electrons. The molecule has 0 saturated carbocycles. The molecule has 0 bridgehead atoms. The molecule has 0 aromatic heterocycles. The molecule has 9 heteroatoms. The number of benzene rings is 2. The maximum absolute atomic E-state index is 13.7. The van der Waals surface area contributed by atoms with E-state index in [-0.39, 0.29) is 10.6 Å². The van der Waals surface area contributed by atoms with Gasteiger partial charge in [-0.1, -0.05) is 15.9 Å². The largest absolute Gasteiger partial charge is 0.322 e. The summed E-state index contributed by atoms with van der Waals surface area (Å²) >= 11 is 3.09. The predicted molar refractivity (Wildman–Crippen MR) is 88.9 cm³/mol. The molecule has 2 aromatic rings. The molecule has 1 amide bonds. The standard InChI is InChI=1S/C15H13BrF2N2O3S/c1-9(15(21)19-14-7-2-10(16)8-13(14)18)20-24(22,23)12-5-3-11(17)4-6-12/h2-9,20H,1H3,(H,19,21). The minimum absolute atomic E-state index is 0.0731. The van der Waals surface area contributed by atoms with Gasteiger partial charge in [-0.3, -0.25) is 4.79 Å². The Labute approximate surface area is 146 Å². The fourth-order valence-corrected chi connectivity index (χ4v) is 3.34. The quantitative estimate of drug-likeness (QED) is 0.783. The van der Waals surface area contributed by atoms with Gasteiger partial charge in [0.15, 0.2) is 0 Å². The Morgan fingerprint density at radius 1 is 1.12 bits per heavy atom. The van der Waals surface area contributed by atoms with Gasteiger partial charge in [0.05, 0.1) is 16.6 Å². The van der Waals surface area contributed by atoms with Crippen molar-refractivity contribution in [2.45, 2.75) is 17.9 Å². The third-order valence-corrected chi connectivity index (χ3v) is 5.09. The lowest BCUT2D eigenvalue weighted by Crippen LogP contribution is -2.41. The van der Waals surface area contributed by atoms with Crippen molar-refractivity contribution in [1.29, 1.82) is 0 Å². The number of nitrogens with one attached hydrogen (secondary N) is 2. The first-order chi connectivity index (χ1) is 11.2. The van der Waals surface area contributed by atoms with Crippen LogP contribution < -0.4 is 10.0 Å². The number of rotatable bonds is 5. The molecule has 1 unspecified atom stereocenters. The summed E-state index contributed by atoms with van der Waals surface area (Å²) in [6, 6.07) is 7.04. The molecule has 0 saturated heterocycles. The van der Waals surface area contributed by atoms with Crippen molar-refractivity contribution in [3.63, 3.8) is 0 Å². The van der Waals surface area contributed by atoms with Crippen LogP contribution in [-0.2, 0) is 14.8 Å². The molecule has 5 nitrogen and oxygen atoms in total. The first-order valence-corrected chi connectivity index (χ1v) is 9.00. The molecule has 0 aliphatic heterocycles. The molecule has 0 fully saturated rings. The molecule has 0 radical (unpaired) electrons. The SMILES string of the molecule is CC(NS(=O)(=O)c1ccc(F)cc1)C(=O)Nc1ccc(Br)cc1F. The average Bonchev–Trinajstić information content (AvgIpc) is 2.50. The van der Waals surface area contributed by atoms with Gasteiger partial charge in [-0.15, -0.1) is 0 Å². The zero-order valence-electron chi connectivity index (χ0n) is 12.4. The third-order valence-electron chi connectivity index (χ3n) is 3.04. The summed E-state index contributed by atoms with van der Waals surface area (Å²) in [5.74, 6) is -1.97. The minimum atomic E-state index is -4.01. The van der Waals surface area contributed by atoms with Crippen LogP contribution in [0.15, 0.2) is 51.8 Å². The number of hydrogen-bond donors (Lipinski definition) is 2. The van der Waals surface area contributed by atoms with Gasteiger partial charge in [0, 0.05) is 4.47 Å². The third kappa shape index (κ3) is 4.59. The van der Waals surface area contributed by atoms with E-state index >= 15 is 0 Å². The van der Waals surface area contributed by atoms with Crippen LogP contribution in [0.4, 0.5) is 14.5 Å². The molecule has 2 N–H and O–H groups in total. The number of halogens is 3. The molecule has 0 spiro atoms. The smallest absolute Gasteiger partial charge is 0.242 e. The minimum Gasteiger partial charge on any atom is -0.322 e. The number of hydrogen-bond acceptors (Lipinski definition) is 3. The molecular weight excluding hydrogens is 406 g/mol. The summed E-state index contributed by atoms with van der Waals surface area (Å²) < 4.78 is 53.5. The van der Waals surface area contributed by atoms with E-state index < -0.39 is 33.6 Å². The van der Waals surface area contributed by atoms with Crippen molar-refractivity contribution in [3.05, 3.63) is 58.6 Å². The van der Waals surface area contributed by atoms with Gasteiger partial charge >= 0.3 is 0 Å². The van der Waals surface area contributed by atoms with Gasteiger partial charge in [-0.25, -0.2) is 17.2 Å². The summed E-state index contributed by atoms with van der Waals surface area (Å²) in [5.41, 5.74) is -0.0731. The summed E-state index contributed by atoms with van der Waals surface area (Å²) in [7, 11) is -4.01. The Bertz CT molecular complexity index is 858. The summed E-state index contributed by atoms with van der Waals surface area (Å²) in [4.78, 5) is 11.9. The predicted octanol–water partition coefficient (Wildman–Crippen LogP) is 3.03. The second-order valence-corrected chi connectivity index (χ2v) is 7.54. The Morgan fingerprint density at radius 3 is 2.33 bits per heavy atom. The van der Waals surface area contributed by atoms with Crippen molar-refractivity contribution >= 4 is 37.5 Å². The Balaban J connectivity index is 2.09. The van der Waals surface area contributed by atoms with E-state index in [1.807, 2.05) is 0 Å². The van der Waals surface area contributed by atoms with E-state index in [0.29, 0.717) is 4.47 Å². The van der Waals surface area contributed by atoms with Crippen LogP contribution in [0.1, 0.15) is 6.92 Å². The van der Waals surface area contributed by atoms with Crippen LogP contribution in [0.25, 0.3) is 0 Å². The lowest BCUT2D eigenvalue weighted by Gasteiger charge is -2.15. The van der Waals surface area contributed by atoms with Crippen LogP contribution in [0.2, 0.25) is 0 Å². The molecule has 0 aliphatic rings. The van der Waals surface area contributed by atoms with Crippen molar-refractivity contribution in [2.75, 3.05) is 5.32 Å². The van der Waals surface area contributed by atoms with Gasteiger partial charge in [-0.2, -0.15) is 4.72 Å².